The second kappa shape index (κ2) is 7.94. The molecular formula is C18H22N4O3. The molecule has 1 fully saturated rings. The average Bonchev–Trinajstić information content (AvgIpc) is 3.25. The maximum Gasteiger partial charge on any atom is 0.303 e. The number of carboxylic acid groups (broad SMARTS) is 1. The number of aliphatic carboxylic acids is 1. The van der Waals surface area contributed by atoms with Gasteiger partial charge in [0, 0.05) is 25.6 Å². The number of aromatic amines is 1. The summed E-state index contributed by atoms with van der Waals surface area (Å²) in [6, 6.07) is 7.87. The van der Waals surface area contributed by atoms with Crippen LogP contribution < -0.4 is 4.74 Å². The number of hydrogen-bond donors (Lipinski definition) is 2. The second-order valence-electron chi connectivity index (χ2n) is 6.25. The number of nitrogens with zero attached hydrogens (tertiary/aromatic N) is 3. The maximum absolute atomic E-state index is 11.1. The minimum absolute atomic E-state index is 0.0528. The lowest BCUT2D eigenvalue weighted by Crippen LogP contribution is -2.21. The van der Waals surface area contributed by atoms with Crippen molar-refractivity contribution in [2.45, 2.75) is 12.3 Å². The molecule has 0 aliphatic carbocycles. The largest absolute Gasteiger partial charge is 0.497 e. The van der Waals surface area contributed by atoms with E-state index >= 15 is 0 Å². The van der Waals surface area contributed by atoms with Gasteiger partial charge in [-0.05, 0) is 23.6 Å². The fraction of sp³-hybridized carbons (Fsp3) is 0.389. The molecule has 2 atom stereocenters. The van der Waals surface area contributed by atoms with E-state index < -0.39 is 5.97 Å². The van der Waals surface area contributed by atoms with Crippen LogP contribution in [-0.2, 0) is 4.79 Å². The summed E-state index contributed by atoms with van der Waals surface area (Å²) >= 11 is 0. The van der Waals surface area contributed by atoms with E-state index in [1.54, 1.807) is 13.3 Å². The lowest BCUT2D eigenvalue weighted by molar-refractivity contribution is -0.138. The van der Waals surface area contributed by atoms with Crippen LogP contribution in [0, 0.1) is 5.92 Å². The zero-order valence-electron chi connectivity index (χ0n) is 14.1. The van der Waals surface area contributed by atoms with Gasteiger partial charge in [-0.1, -0.05) is 24.3 Å². The summed E-state index contributed by atoms with van der Waals surface area (Å²) in [7, 11) is 1.65. The third kappa shape index (κ3) is 4.45. The van der Waals surface area contributed by atoms with Crippen molar-refractivity contribution in [1.82, 2.24) is 20.3 Å². The molecule has 0 amide bonds. The number of benzene rings is 1. The van der Waals surface area contributed by atoms with Crippen LogP contribution in [0.3, 0.4) is 0 Å². The fourth-order valence-electron chi connectivity index (χ4n) is 3.32. The van der Waals surface area contributed by atoms with Crippen LogP contribution in [0.5, 0.6) is 5.75 Å². The van der Waals surface area contributed by atoms with E-state index in [-0.39, 0.29) is 18.3 Å². The zero-order chi connectivity index (χ0) is 17.6. The van der Waals surface area contributed by atoms with Gasteiger partial charge in [-0.15, -0.1) is 0 Å². The van der Waals surface area contributed by atoms with Gasteiger partial charge in [0.25, 0.3) is 0 Å². The second-order valence-corrected chi connectivity index (χ2v) is 6.25. The zero-order valence-corrected chi connectivity index (χ0v) is 14.1. The molecule has 1 aliphatic heterocycles. The summed E-state index contributed by atoms with van der Waals surface area (Å²) in [4.78, 5) is 13.4. The SMILES string of the molecule is COc1ccc(C=CCN2C[C@H](CC(=O)O)[C@H](c3cn[nH]n3)C2)cc1. The smallest absolute Gasteiger partial charge is 0.303 e. The number of carbonyl (C=O) groups is 1. The summed E-state index contributed by atoms with van der Waals surface area (Å²) in [6.07, 6.45) is 6.01. The molecule has 3 rings (SSSR count). The number of rotatable bonds is 7. The summed E-state index contributed by atoms with van der Waals surface area (Å²) in [5, 5.41) is 19.8. The highest BCUT2D eigenvalue weighted by molar-refractivity contribution is 5.67. The van der Waals surface area contributed by atoms with Crippen molar-refractivity contribution in [3.8, 4) is 5.75 Å². The molecule has 0 spiro atoms. The van der Waals surface area contributed by atoms with Crippen molar-refractivity contribution in [3.63, 3.8) is 0 Å². The first-order valence-electron chi connectivity index (χ1n) is 8.26. The van der Waals surface area contributed by atoms with Crippen LogP contribution in [0.25, 0.3) is 6.08 Å². The van der Waals surface area contributed by atoms with Crippen molar-refractivity contribution in [1.29, 1.82) is 0 Å². The van der Waals surface area contributed by atoms with Gasteiger partial charge in [-0.3, -0.25) is 9.69 Å². The lowest BCUT2D eigenvalue weighted by atomic mass is 9.91. The number of likely N-dealkylation sites (tertiary alicyclic amines) is 1. The topological polar surface area (TPSA) is 91.3 Å². The number of ether oxygens (including phenoxy) is 1. The number of carboxylic acids is 1. The van der Waals surface area contributed by atoms with Gasteiger partial charge in [-0.25, -0.2) is 0 Å². The summed E-state index contributed by atoms with van der Waals surface area (Å²) in [5.74, 6) is 0.221. The molecule has 2 heterocycles. The lowest BCUT2D eigenvalue weighted by Gasteiger charge is -2.12. The molecule has 0 saturated carbocycles. The quantitative estimate of drug-likeness (QED) is 0.800. The number of H-pyrrole nitrogens is 1. The van der Waals surface area contributed by atoms with E-state index in [9.17, 15) is 4.79 Å². The fourth-order valence-corrected chi connectivity index (χ4v) is 3.32. The molecule has 132 valence electrons. The molecule has 0 radical (unpaired) electrons. The molecule has 7 heteroatoms. The van der Waals surface area contributed by atoms with Crippen LogP contribution in [-0.4, -0.2) is 58.1 Å². The van der Waals surface area contributed by atoms with Crippen molar-refractivity contribution >= 4 is 12.0 Å². The molecule has 7 nitrogen and oxygen atoms in total. The predicted octanol–water partition coefficient (Wildman–Crippen LogP) is 2.02. The highest BCUT2D eigenvalue weighted by Gasteiger charge is 2.35. The Morgan fingerprint density at radius 2 is 2.20 bits per heavy atom. The van der Waals surface area contributed by atoms with Gasteiger partial charge in [0.1, 0.15) is 5.75 Å². The Morgan fingerprint density at radius 3 is 2.84 bits per heavy atom. The number of aromatic nitrogens is 3. The number of nitrogens with one attached hydrogen (secondary N) is 1. The first-order chi connectivity index (χ1) is 12.2. The molecule has 0 unspecified atom stereocenters. The van der Waals surface area contributed by atoms with Crippen LogP contribution in [0.1, 0.15) is 23.6 Å². The Hall–Kier alpha value is -2.67. The number of methoxy groups -OCH3 is 1. The van der Waals surface area contributed by atoms with E-state index in [1.807, 2.05) is 24.3 Å². The third-order valence-corrected chi connectivity index (χ3v) is 4.56. The minimum Gasteiger partial charge on any atom is -0.497 e. The molecular weight excluding hydrogens is 320 g/mol. The molecule has 2 aromatic rings. The van der Waals surface area contributed by atoms with E-state index in [0.29, 0.717) is 0 Å². The highest BCUT2D eigenvalue weighted by Crippen LogP contribution is 2.33. The van der Waals surface area contributed by atoms with E-state index in [0.717, 1.165) is 36.6 Å². The average molecular weight is 342 g/mol. The van der Waals surface area contributed by atoms with Gasteiger partial charge in [0.15, 0.2) is 0 Å². The minimum atomic E-state index is -0.769. The normalized spacial score (nSPS) is 21.0. The highest BCUT2D eigenvalue weighted by atomic mass is 16.5. The maximum atomic E-state index is 11.1. The van der Waals surface area contributed by atoms with Crippen LogP contribution in [0.15, 0.2) is 36.5 Å². The molecule has 0 bridgehead atoms. The van der Waals surface area contributed by atoms with E-state index in [1.165, 1.54) is 0 Å². The summed E-state index contributed by atoms with van der Waals surface area (Å²) in [6.45, 7) is 2.31. The third-order valence-electron chi connectivity index (χ3n) is 4.56. The molecule has 25 heavy (non-hydrogen) atoms. The predicted molar refractivity (Wildman–Crippen MR) is 93.3 cm³/mol. The van der Waals surface area contributed by atoms with Gasteiger partial charge in [0.05, 0.1) is 25.4 Å². The van der Waals surface area contributed by atoms with Crippen molar-refractivity contribution in [3.05, 3.63) is 47.8 Å². The first-order valence-corrected chi connectivity index (χ1v) is 8.26. The van der Waals surface area contributed by atoms with Gasteiger partial charge >= 0.3 is 5.97 Å². The van der Waals surface area contributed by atoms with E-state index in [2.05, 4.69) is 32.5 Å². The number of hydrogen-bond acceptors (Lipinski definition) is 5. The van der Waals surface area contributed by atoms with Crippen molar-refractivity contribution < 1.29 is 14.6 Å². The Morgan fingerprint density at radius 1 is 1.40 bits per heavy atom. The van der Waals surface area contributed by atoms with Crippen LogP contribution in [0.4, 0.5) is 0 Å². The van der Waals surface area contributed by atoms with Crippen molar-refractivity contribution in [2.75, 3.05) is 26.7 Å². The monoisotopic (exact) mass is 342 g/mol. The van der Waals surface area contributed by atoms with Crippen molar-refractivity contribution in [2.24, 2.45) is 5.92 Å². The molecule has 1 aromatic heterocycles. The molecule has 1 aliphatic rings. The summed E-state index contributed by atoms with van der Waals surface area (Å²) in [5.41, 5.74) is 1.95. The van der Waals surface area contributed by atoms with Gasteiger partial charge < -0.3 is 9.84 Å². The van der Waals surface area contributed by atoms with Crippen LogP contribution in [0.2, 0.25) is 0 Å². The Labute approximate surface area is 146 Å². The standard InChI is InChI=1S/C18H22N4O3/c1-25-15-6-4-13(5-7-15)3-2-8-22-11-14(9-18(23)24)16(12-22)17-10-19-21-20-17/h2-7,10,14,16H,8-9,11-12H2,1H3,(H,23,24)(H,19,20,21)/t14-,16+/m0/s1. The van der Waals surface area contributed by atoms with Gasteiger partial charge in [0.2, 0.25) is 0 Å². The Bertz CT molecular complexity index is 712. The Kier molecular flexibility index (Phi) is 5.45. The van der Waals surface area contributed by atoms with Gasteiger partial charge in [-0.2, -0.15) is 15.4 Å². The molecule has 1 aromatic carbocycles. The Balaban J connectivity index is 1.60. The summed E-state index contributed by atoms with van der Waals surface area (Å²) < 4.78 is 5.15. The molecule has 1 saturated heterocycles. The molecule has 2 N–H and O–H groups in total. The first kappa shape index (κ1) is 17.2. The van der Waals surface area contributed by atoms with Crippen LogP contribution >= 0.6 is 0 Å². The van der Waals surface area contributed by atoms with E-state index in [4.69, 9.17) is 9.84 Å².